The zero-order valence-corrected chi connectivity index (χ0v) is 14.5. The average molecular weight is 399 g/mol. The molecule has 23 heavy (non-hydrogen) atoms. The van der Waals surface area contributed by atoms with Gasteiger partial charge in [0, 0.05) is 10.0 Å². The molecule has 0 fully saturated rings. The Morgan fingerprint density at radius 2 is 2.04 bits per heavy atom. The minimum Gasteiger partial charge on any atom is -0.493 e. The molecule has 0 spiro atoms. The molecule has 0 heterocycles. The van der Waals surface area contributed by atoms with E-state index in [9.17, 15) is 9.59 Å². The number of methoxy groups -OCH3 is 1. The Balaban J connectivity index is 2.00. The highest BCUT2D eigenvalue weighted by molar-refractivity contribution is 9.10. The highest BCUT2D eigenvalue weighted by atomic mass is 79.9. The standard InChI is InChI=1S/C16H13BrClNO4/c1-22-15-6-10(8-20)2-5-14(15)23-9-16(21)19-13-4-3-11(17)7-12(13)18/h2-8H,9H2,1H3,(H,19,21). The summed E-state index contributed by atoms with van der Waals surface area (Å²) in [6, 6.07) is 9.81. The lowest BCUT2D eigenvalue weighted by atomic mass is 10.2. The first kappa shape index (κ1) is 17.3. The summed E-state index contributed by atoms with van der Waals surface area (Å²) in [7, 11) is 1.46. The maximum absolute atomic E-state index is 11.9. The number of hydrogen-bond acceptors (Lipinski definition) is 4. The minimum absolute atomic E-state index is 0.219. The largest absolute Gasteiger partial charge is 0.493 e. The van der Waals surface area contributed by atoms with Crippen molar-refractivity contribution in [1.82, 2.24) is 0 Å². The van der Waals surface area contributed by atoms with E-state index in [1.165, 1.54) is 13.2 Å². The number of carbonyl (C=O) groups excluding carboxylic acids is 2. The number of hydrogen-bond donors (Lipinski definition) is 1. The summed E-state index contributed by atoms with van der Waals surface area (Å²) < 4.78 is 11.4. The van der Waals surface area contributed by atoms with E-state index < -0.39 is 0 Å². The molecule has 1 amide bonds. The average Bonchev–Trinajstić information content (AvgIpc) is 2.55. The third-order valence-corrected chi connectivity index (χ3v) is 3.69. The summed E-state index contributed by atoms with van der Waals surface area (Å²) in [6.07, 6.45) is 0.703. The van der Waals surface area contributed by atoms with E-state index in [2.05, 4.69) is 21.2 Å². The van der Waals surface area contributed by atoms with Crippen molar-refractivity contribution in [3.05, 3.63) is 51.5 Å². The molecule has 1 N–H and O–H groups in total. The molecule has 0 aliphatic carbocycles. The van der Waals surface area contributed by atoms with Crippen LogP contribution in [0.3, 0.4) is 0 Å². The van der Waals surface area contributed by atoms with Crippen LogP contribution >= 0.6 is 27.5 Å². The lowest BCUT2D eigenvalue weighted by molar-refractivity contribution is -0.118. The summed E-state index contributed by atoms with van der Waals surface area (Å²) in [5.41, 5.74) is 0.951. The van der Waals surface area contributed by atoms with Crippen molar-refractivity contribution in [2.24, 2.45) is 0 Å². The summed E-state index contributed by atoms with van der Waals surface area (Å²) in [6.45, 7) is -0.219. The van der Waals surface area contributed by atoms with Crippen LogP contribution in [0.2, 0.25) is 5.02 Å². The first-order valence-corrected chi connectivity index (χ1v) is 7.71. The number of benzene rings is 2. The van der Waals surface area contributed by atoms with Gasteiger partial charge in [0.15, 0.2) is 18.1 Å². The van der Waals surface area contributed by atoms with Crippen LogP contribution in [0.25, 0.3) is 0 Å². The Morgan fingerprint density at radius 1 is 1.26 bits per heavy atom. The van der Waals surface area contributed by atoms with Gasteiger partial charge < -0.3 is 14.8 Å². The van der Waals surface area contributed by atoms with Crippen LogP contribution in [0.4, 0.5) is 5.69 Å². The highest BCUT2D eigenvalue weighted by Gasteiger charge is 2.10. The van der Waals surface area contributed by atoms with E-state index >= 15 is 0 Å². The van der Waals surface area contributed by atoms with Gasteiger partial charge in [0.05, 0.1) is 17.8 Å². The number of halogens is 2. The fourth-order valence-electron chi connectivity index (χ4n) is 1.80. The van der Waals surface area contributed by atoms with Gasteiger partial charge in [0.2, 0.25) is 0 Å². The van der Waals surface area contributed by atoms with Crippen molar-refractivity contribution in [2.45, 2.75) is 0 Å². The minimum atomic E-state index is -0.365. The zero-order chi connectivity index (χ0) is 16.8. The molecule has 5 nitrogen and oxygen atoms in total. The molecule has 0 bridgehead atoms. The molecule has 2 rings (SSSR count). The van der Waals surface area contributed by atoms with Crippen LogP contribution in [0.5, 0.6) is 11.5 Å². The van der Waals surface area contributed by atoms with Gasteiger partial charge >= 0.3 is 0 Å². The Morgan fingerprint density at radius 3 is 2.70 bits per heavy atom. The second kappa shape index (κ2) is 7.99. The molecule has 0 aliphatic heterocycles. The van der Waals surface area contributed by atoms with Crippen LogP contribution in [-0.4, -0.2) is 25.9 Å². The van der Waals surface area contributed by atoms with Crippen molar-refractivity contribution in [3.63, 3.8) is 0 Å². The van der Waals surface area contributed by atoms with E-state index in [1.54, 1.807) is 30.3 Å². The van der Waals surface area contributed by atoms with Gasteiger partial charge in [0.1, 0.15) is 6.29 Å². The van der Waals surface area contributed by atoms with E-state index in [0.717, 1.165) is 4.47 Å². The first-order chi connectivity index (χ1) is 11.0. The van der Waals surface area contributed by atoms with Crippen LogP contribution in [0.15, 0.2) is 40.9 Å². The quantitative estimate of drug-likeness (QED) is 0.749. The summed E-state index contributed by atoms with van der Waals surface area (Å²) in [5.74, 6) is 0.384. The van der Waals surface area contributed by atoms with E-state index in [4.69, 9.17) is 21.1 Å². The molecule has 2 aromatic rings. The van der Waals surface area contributed by atoms with Crippen molar-refractivity contribution in [2.75, 3.05) is 19.0 Å². The van der Waals surface area contributed by atoms with E-state index in [0.29, 0.717) is 34.1 Å². The van der Waals surface area contributed by atoms with Crippen molar-refractivity contribution in [1.29, 1.82) is 0 Å². The fraction of sp³-hybridized carbons (Fsp3) is 0.125. The molecule has 2 aromatic carbocycles. The van der Waals surface area contributed by atoms with Gasteiger partial charge in [0.25, 0.3) is 5.91 Å². The second-order valence-corrected chi connectivity index (χ2v) is 5.81. The molecule has 0 atom stereocenters. The lowest BCUT2D eigenvalue weighted by Crippen LogP contribution is -2.20. The molecule has 0 aromatic heterocycles. The fourth-order valence-corrected chi connectivity index (χ4v) is 2.52. The second-order valence-electron chi connectivity index (χ2n) is 4.49. The molecule has 0 aliphatic rings. The van der Waals surface area contributed by atoms with Crippen LogP contribution in [0, 0.1) is 0 Å². The predicted octanol–water partition coefficient (Wildman–Crippen LogP) is 3.94. The topological polar surface area (TPSA) is 64.6 Å². The Labute approximate surface area is 146 Å². The lowest BCUT2D eigenvalue weighted by Gasteiger charge is -2.12. The number of ether oxygens (including phenoxy) is 2. The third kappa shape index (κ3) is 4.71. The van der Waals surface area contributed by atoms with Crippen LogP contribution < -0.4 is 14.8 Å². The summed E-state index contributed by atoms with van der Waals surface area (Å²) in [5, 5.41) is 3.07. The molecule has 0 saturated carbocycles. The van der Waals surface area contributed by atoms with E-state index in [-0.39, 0.29) is 12.5 Å². The van der Waals surface area contributed by atoms with Crippen LogP contribution in [-0.2, 0) is 4.79 Å². The van der Waals surface area contributed by atoms with Crippen molar-refractivity contribution >= 4 is 45.4 Å². The molecule has 7 heteroatoms. The normalized spacial score (nSPS) is 10.0. The Hall–Kier alpha value is -2.05. The molecule has 0 saturated heterocycles. The predicted molar refractivity (Wildman–Crippen MR) is 91.7 cm³/mol. The monoisotopic (exact) mass is 397 g/mol. The Kier molecular flexibility index (Phi) is 6.01. The number of anilines is 1. The first-order valence-electron chi connectivity index (χ1n) is 6.54. The molecule has 0 radical (unpaired) electrons. The number of nitrogens with one attached hydrogen (secondary N) is 1. The summed E-state index contributed by atoms with van der Waals surface area (Å²) in [4.78, 5) is 22.7. The zero-order valence-electron chi connectivity index (χ0n) is 12.1. The number of rotatable bonds is 6. The van der Waals surface area contributed by atoms with Gasteiger partial charge in [-0.1, -0.05) is 27.5 Å². The maximum atomic E-state index is 11.9. The third-order valence-electron chi connectivity index (χ3n) is 2.89. The number of amides is 1. The van der Waals surface area contributed by atoms with Gasteiger partial charge in [-0.2, -0.15) is 0 Å². The number of aldehydes is 1. The SMILES string of the molecule is COc1cc(C=O)ccc1OCC(=O)Nc1ccc(Br)cc1Cl. The smallest absolute Gasteiger partial charge is 0.262 e. The van der Waals surface area contributed by atoms with Crippen molar-refractivity contribution in [3.8, 4) is 11.5 Å². The molecular formula is C16H13BrClNO4. The molecular weight excluding hydrogens is 386 g/mol. The Bertz CT molecular complexity index is 736. The van der Waals surface area contributed by atoms with Gasteiger partial charge in [-0.25, -0.2) is 0 Å². The highest BCUT2D eigenvalue weighted by Crippen LogP contribution is 2.28. The number of carbonyl (C=O) groups is 2. The molecule has 0 unspecified atom stereocenters. The van der Waals surface area contributed by atoms with Gasteiger partial charge in [-0.15, -0.1) is 0 Å². The van der Waals surface area contributed by atoms with Crippen LogP contribution in [0.1, 0.15) is 10.4 Å². The van der Waals surface area contributed by atoms with Crippen molar-refractivity contribution < 1.29 is 19.1 Å². The van der Waals surface area contributed by atoms with E-state index in [1.807, 2.05) is 0 Å². The van der Waals surface area contributed by atoms with Gasteiger partial charge in [-0.05, 0) is 36.4 Å². The van der Waals surface area contributed by atoms with Gasteiger partial charge in [-0.3, -0.25) is 9.59 Å². The summed E-state index contributed by atoms with van der Waals surface area (Å²) >= 11 is 9.32. The maximum Gasteiger partial charge on any atom is 0.262 e. The molecule has 120 valence electrons.